The molecule has 0 aliphatic carbocycles. The zero-order valence-corrected chi connectivity index (χ0v) is 1.91. The molecule has 0 saturated carbocycles. The van der Waals surface area contributed by atoms with Crippen LogP contribution in [0.5, 0.6) is 0 Å². The van der Waals surface area contributed by atoms with Crippen molar-refractivity contribution in [3.05, 3.63) is 0 Å². The molecule has 0 spiro atoms. The van der Waals surface area contributed by atoms with Crippen LogP contribution in [0.4, 0.5) is 4.70 Å². The molecule has 0 unspecified atom stereocenters. The first-order valence-corrected chi connectivity index (χ1v) is 0. The summed E-state index contributed by atoms with van der Waals surface area (Å²) in [4.78, 5) is 0. The third-order valence-corrected chi connectivity index (χ3v) is 0. The van der Waals surface area contributed by atoms with Crippen molar-refractivity contribution in [3.63, 3.8) is 0 Å². The third-order valence-electron chi connectivity index (χ3n) is 0. The van der Waals surface area contributed by atoms with Crippen molar-refractivity contribution in [3.8, 4) is 0 Å². The molecule has 0 N–H and O–H groups in total. The van der Waals surface area contributed by atoms with Gasteiger partial charge in [-0.05, 0) is 0 Å². The van der Waals surface area contributed by atoms with E-state index in [1.807, 2.05) is 0 Å². The Labute approximate surface area is 55.9 Å². The van der Waals surface area contributed by atoms with Gasteiger partial charge in [-0.3, -0.25) is 4.70 Å². The number of hydrogen-bond acceptors (Lipinski definition) is 0. The summed E-state index contributed by atoms with van der Waals surface area (Å²) in [5.41, 5.74) is 0. The van der Waals surface area contributed by atoms with E-state index in [-0.39, 0.29) is 55.9 Å². The standard InChI is InChI=1S/FH.2Li.H2S.2H/h1H;;;1H2;;. The van der Waals surface area contributed by atoms with Gasteiger partial charge in [0.05, 0.1) is 0 Å². The molecule has 0 aliphatic rings. The van der Waals surface area contributed by atoms with E-state index in [1.165, 1.54) is 0 Å². The zero-order valence-electron chi connectivity index (χ0n) is 0.908. The summed E-state index contributed by atoms with van der Waals surface area (Å²) in [6.45, 7) is 0. The number of hydrogen-bond donors (Lipinski definition) is 0. The minimum absolute atomic E-state index is 0. The molecule has 0 nitrogen and oxygen atoms in total. The summed E-state index contributed by atoms with van der Waals surface area (Å²) in [6.07, 6.45) is 0. The van der Waals surface area contributed by atoms with Crippen LogP contribution < -0.4 is 0 Å². The molecule has 20 valence electrons. The van der Waals surface area contributed by atoms with E-state index in [0.29, 0.717) is 0 Å². The van der Waals surface area contributed by atoms with Gasteiger partial charge in [-0.2, -0.15) is 13.5 Å². The first kappa shape index (κ1) is 50.4. The van der Waals surface area contributed by atoms with Crippen LogP contribution in [0.15, 0.2) is 0 Å². The molecule has 4 heteroatoms. The van der Waals surface area contributed by atoms with Crippen LogP contribution >= 0.6 is 13.5 Å². The predicted octanol–water partition coefficient (Wildman–Crippen LogP) is -1.03. The van der Waals surface area contributed by atoms with Crippen molar-refractivity contribution < 1.29 is 4.70 Å². The van der Waals surface area contributed by atoms with E-state index in [2.05, 4.69) is 0 Å². The van der Waals surface area contributed by atoms with Crippen molar-refractivity contribution in [2.24, 2.45) is 0 Å². The first-order chi connectivity index (χ1) is 0. The zero-order chi connectivity index (χ0) is 0. The molecule has 0 fully saturated rings. The molecule has 0 aliphatic heterocycles. The maximum atomic E-state index is 0. The van der Waals surface area contributed by atoms with Gasteiger partial charge >= 0.3 is 37.7 Å². The molecule has 0 atom stereocenters. The van der Waals surface area contributed by atoms with Gasteiger partial charge in [0.1, 0.15) is 0 Å². The van der Waals surface area contributed by atoms with Gasteiger partial charge in [-0.25, -0.2) is 0 Å². The second-order valence-corrected chi connectivity index (χ2v) is 0. The summed E-state index contributed by atoms with van der Waals surface area (Å²) < 4.78 is 0. The minimum atomic E-state index is 0. The van der Waals surface area contributed by atoms with Gasteiger partial charge in [0.15, 0.2) is 0 Å². The first-order valence-electron chi connectivity index (χ1n) is 0. The van der Waals surface area contributed by atoms with Crippen LogP contribution in [0.2, 0.25) is 0 Å². The van der Waals surface area contributed by atoms with Gasteiger partial charge in [0.2, 0.25) is 0 Å². The van der Waals surface area contributed by atoms with Crippen LogP contribution in [-0.4, -0.2) is 37.7 Å². The molecule has 0 amide bonds. The fourth-order valence-corrected chi connectivity index (χ4v) is 0. The molecule has 0 rings (SSSR count). The molecule has 0 radical (unpaired) electrons. The summed E-state index contributed by atoms with van der Waals surface area (Å²) in [6, 6.07) is 0. The Morgan fingerprint density at radius 2 is 0.750 bits per heavy atom. The normalized spacial score (nSPS) is 0. The number of rotatable bonds is 0. The van der Waals surface area contributed by atoms with Crippen LogP contribution in [0.25, 0.3) is 0 Å². The van der Waals surface area contributed by atoms with Crippen molar-refractivity contribution in [2.45, 2.75) is 0 Å². The Kier molecular flexibility index (Phi) is 313. The molecule has 0 aromatic heterocycles. The van der Waals surface area contributed by atoms with Crippen LogP contribution in [0, 0.1) is 0 Å². The summed E-state index contributed by atoms with van der Waals surface area (Å²) in [5.74, 6) is 0. The average molecular weight is 70.0 g/mol. The van der Waals surface area contributed by atoms with Crippen molar-refractivity contribution in [1.29, 1.82) is 0 Å². The topological polar surface area (TPSA) is 0 Å². The molecule has 0 aromatic rings. The molecule has 0 heterocycles. The Morgan fingerprint density at radius 3 is 0.750 bits per heavy atom. The third kappa shape index (κ3) is 9.78. The van der Waals surface area contributed by atoms with Crippen LogP contribution in [-0.2, 0) is 0 Å². The van der Waals surface area contributed by atoms with E-state index in [0.717, 1.165) is 0 Å². The Hall–Kier alpha value is 1.47. The van der Waals surface area contributed by atoms with E-state index in [1.54, 1.807) is 0 Å². The summed E-state index contributed by atoms with van der Waals surface area (Å²) >= 11 is 0. The fraction of sp³-hybridized carbons (Fsp3) is 0. The fourth-order valence-electron chi connectivity index (χ4n) is 0. The number of halogens is 1. The molecular weight excluding hydrogens is 64.9 g/mol. The van der Waals surface area contributed by atoms with E-state index in [9.17, 15) is 0 Å². The van der Waals surface area contributed by atoms with Crippen LogP contribution in [0.3, 0.4) is 0 Å². The van der Waals surface area contributed by atoms with Crippen LogP contribution in [0.1, 0.15) is 0 Å². The van der Waals surface area contributed by atoms with Crippen molar-refractivity contribution in [1.82, 2.24) is 0 Å². The Morgan fingerprint density at radius 1 is 0.750 bits per heavy atom. The molecule has 0 saturated heterocycles. The summed E-state index contributed by atoms with van der Waals surface area (Å²) in [7, 11) is 0. The van der Waals surface area contributed by atoms with Gasteiger partial charge in [-0.15, -0.1) is 0 Å². The average Bonchev–Trinajstić information content (AvgIpc) is 0. The predicted molar refractivity (Wildman–Crippen MR) is 27.2 cm³/mol. The molecule has 0 bridgehead atoms. The molecule has 0 aromatic carbocycles. The van der Waals surface area contributed by atoms with E-state index >= 15 is 0 Å². The molecule has 4 heavy (non-hydrogen) atoms. The summed E-state index contributed by atoms with van der Waals surface area (Å²) in [5, 5.41) is 0. The quantitative estimate of drug-likeness (QED) is 0.319. The monoisotopic (exact) mass is 70.0 g/mol. The molecular formula is H5FLi2S. The Bertz CT molecular complexity index is 6.00. The van der Waals surface area contributed by atoms with Gasteiger partial charge in [-0.1, -0.05) is 0 Å². The van der Waals surface area contributed by atoms with Gasteiger partial charge < -0.3 is 0 Å². The SMILES string of the molecule is F.S.[LiH].[LiH]. The van der Waals surface area contributed by atoms with E-state index in [4.69, 9.17) is 0 Å². The maximum absolute atomic E-state index is 0. The van der Waals surface area contributed by atoms with Crippen molar-refractivity contribution in [2.75, 3.05) is 0 Å². The second-order valence-electron chi connectivity index (χ2n) is 0. The van der Waals surface area contributed by atoms with Gasteiger partial charge in [0, 0.05) is 0 Å². The Balaban J connectivity index is 0. The second kappa shape index (κ2) is 24.8. The van der Waals surface area contributed by atoms with Gasteiger partial charge in [0.25, 0.3) is 0 Å². The van der Waals surface area contributed by atoms with E-state index < -0.39 is 0 Å². The van der Waals surface area contributed by atoms with Crippen molar-refractivity contribution >= 4 is 51.2 Å².